The highest BCUT2D eigenvalue weighted by Gasteiger charge is 2.17. The highest BCUT2D eigenvalue weighted by Crippen LogP contribution is 2.16. The number of primary amides is 1. The van der Waals surface area contributed by atoms with Crippen molar-refractivity contribution < 1.29 is 9.90 Å². The lowest BCUT2D eigenvalue weighted by atomic mass is 9.95. The average Bonchev–Trinajstić information content (AvgIpc) is 2.53. The largest absolute Gasteiger partial charge is 0.393 e. The van der Waals surface area contributed by atoms with Crippen LogP contribution in [0.25, 0.3) is 0 Å². The van der Waals surface area contributed by atoms with Gasteiger partial charge in [-0.05, 0) is 19.3 Å². The number of hydrogen-bond donors (Lipinski definition) is 2. The highest BCUT2D eigenvalue weighted by molar-refractivity contribution is 5.76. The van der Waals surface area contributed by atoms with Crippen molar-refractivity contribution in [2.75, 3.05) is 0 Å². The molecule has 0 aromatic carbocycles. The van der Waals surface area contributed by atoms with Crippen LogP contribution in [-0.4, -0.2) is 17.1 Å². The first kappa shape index (κ1) is 22.4. The molecule has 0 aromatic heterocycles. The van der Waals surface area contributed by atoms with E-state index in [9.17, 15) is 9.90 Å². The maximum absolute atomic E-state index is 11.2. The average molecular weight is 328 g/mol. The Morgan fingerprint density at radius 1 is 0.826 bits per heavy atom. The second-order valence-corrected chi connectivity index (χ2v) is 7.07. The summed E-state index contributed by atoms with van der Waals surface area (Å²) in [6.45, 7) is 4.21. The van der Waals surface area contributed by atoms with Crippen molar-refractivity contribution in [3.05, 3.63) is 0 Å². The maximum Gasteiger partial charge on any atom is 0.220 e. The molecule has 0 saturated carbocycles. The van der Waals surface area contributed by atoms with Crippen LogP contribution in [0.3, 0.4) is 0 Å². The van der Waals surface area contributed by atoms with Gasteiger partial charge in [0.15, 0.2) is 0 Å². The van der Waals surface area contributed by atoms with Crippen LogP contribution in [0.4, 0.5) is 0 Å². The van der Waals surface area contributed by atoms with Crippen LogP contribution in [0.15, 0.2) is 0 Å². The van der Waals surface area contributed by atoms with Gasteiger partial charge in [0.05, 0.1) is 6.10 Å². The van der Waals surface area contributed by atoms with E-state index >= 15 is 0 Å². The first-order valence-electron chi connectivity index (χ1n) is 10.1. The minimum absolute atomic E-state index is 0.165. The van der Waals surface area contributed by atoms with Crippen LogP contribution < -0.4 is 5.73 Å². The van der Waals surface area contributed by atoms with Gasteiger partial charge in [-0.15, -0.1) is 0 Å². The zero-order valence-electron chi connectivity index (χ0n) is 15.7. The Labute approximate surface area is 144 Å². The van der Waals surface area contributed by atoms with Crippen molar-refractivity contribution >= 4 is 5.91 Å². The fourth-order valence-electron chi connectivity index (χ4n) is 3.15. The molecule has 0 rings (SSSR count). The number of hydrogen-bond acceptors (Lipinski definition) is 2. The first-order valence-corrected chi connectivity index (χ1v) is 10.1. The lowest BCUT2D eigenvalue weighted by molar-refractivity contribution is -0.122. The Hall–Kier alpha value is -0.570. The van der Waals surface area contributed by atoms with Crippen LogP contribution in [0.5, 0.6) is 0 Å². The summed E-state index contributed by atoms with van der Waals surface area (Å²) in [6, 6.07) is 0. The van der Waals surface area contributed by atoms with Gasteiger partial charge >= 0.3 is 0 Å². The normalized spacial score (nSPS) is 13.9. The third-order valence-corrected chi connectivity index (χ3v) is 4.84. The van der Waals surface area contributed by atoms with E-state index in [0.29, 0.717) is 6.42 Å². The molecule has 3 nitrogen and oxygen atoms in total. The Kier molecular flexibility index (Phi) is 15.9. The fraction of sp³-hybridized carbons (Fsp3) is 0.950. The molecule has 138 valence electrons. The monoisotopic (exact) mass is 327 g/mol. The van der Waals surface area contributed by atoms with Gasteiger partial charge < -0.3 is 10.8 Å². The van der Waals surface area contributed by atoms with Gasteiger partial charge in [0, 0.05) is 5.92 Å². The predicted octanol–water partition coefficient (Wildman–Crippen LogP) is 5.34. The summed E-state index contributed by atoms with van der Waals surface area (Å²) in [4.78, 5) is 11.2. The molecule has 0 aromatic rings. The summed E-state index contributed by atoms with van der Waals surface area (Å²) < 4.78 is 0. The Morgan fingerprint density at radius 3 is 1.65 bits per heavy atom. The van der Waals surface area contributed by atoms with Crippen LogP contribution in [-0.2, 0) is 4.79 Å². The van der Waals surface area contributed by atoms with E-state index in [-0.39, 0.29) is 17.9 Å². The smallest absolute Gasteiger partial charge is 0.220 e. The Bertz CT molecular complexity index is 268. The molecule has 0 heterocycles. The number of amides is 1. The molecule has 0 saturated heterocycles. The van der Waals surface area contributed by atoms with Crippen molar-refractivity contribution in [1.82, 2.24) is 0 Å². The fourth-order valence-corrected chi connectivity index (χ4v) is 3.15. The van der Waals surface area contributed by atoms with E-state index < -0.39 is 0 Å². The lowest BCUT2D eigenvalue weighted by Crippen LogP contribution is -2.26. The second-order valence-electron chi connectivity index (χ2n) is 7.07. The zero-order valence-corrected chi connectivity index (χ0v) is 15.7. The van der Waals surface area contributed by atoms with E-state index in [1.807, 2.05) is 6.92 Å². The molecule has 23 heavy (non-hydrogen) atoms. The van der Waals surface area contributed by atoms with Gasteiger partial charge in [-0.1, -0.05) is 90.9 Å². The maximum atomic E-state index is 11.2. The number of unbranched alkanes of at least 4 members (excludes halogenated alkanes) is 11. The van der Waals surface area contributed by atoms with Crippen molar-refractivity contribution in [2.24, 2.45) is 11.7 Å². The molecule has 1 amide bonds. The van der Waals surface area contributed by atoms with Crippen molar-refractivity contribution in [1.29, 1.82) is 0 Å². The summed E-state index contributed by atoms with van der Waals surface area (Å²) in [5.74, 6) is -0.441. The molecule has 0 aliphatic heterocycles. The van der Waals surface area contributed by atoms with Gasteiger partial charge in [0.1, 0.15) is 0 Å². The van der Waals surface area contributed by atoms with Gasteiger partial charge in [-0.25, -0.2) is 0 Å². The molecule has 0 aliphatic rings. The predicted molar refractivity (Wildman–Crippen MR) is 99.3 cm³/mol. The van der Waals surface area contributed by atoms with Crippen LogP contribution in [0.2, 0.25) is 0 Å². The summed E-state index contributed by atoms with van der Waals surface area (Å²) in [5.41, 5.74) is 5.31. The Morgan fingerprint density at radius 2 is 1.26 bits per heavy atom. The van der Waals surface area contributed by atoms with Crippen LogP contribution in [0.1, 0.15) is 110 Å². The van der Waals surface area contributed by atoms with Crippen molar-refractivity contribution in [3.63, 3.8) is 0 Å². The minimum Gasteiger partial charge on any atom is -0.393 e. The molecule has 3 heteroatoms. The number of aliphatic hydroxyl groups is 1. The van der Waals surface area contributed by atoms with Crippen molar-refractivity contribution in [2.45, 2.75) is 116 Å². The molecule has 0 bridgehead atoms. The molecule has 0 aliphatic carbocycles. The molecule has 0 radical (unpaired) electrons. The molecule has 0 fully saturated rings. The summed E-state index contributed by atoms with van der Waals surface area (Å²) in [5, 5.41) is 9.95. The topological polar surface area (TPSA) is 63.3 Å². The number of carbonyl (C=O) groups excluding carboxylic acids is 1. The number of aliphatic hydroxyl groups excluding tert-OH is 1. The standard InChI is InChI=1S/C20H41NO2/c1-3-5-6-7-8-9-10-11-12-13-14-15-16-19(22)17-18(4-2)20(21)23/h18-19,22H,3-17H2,1-2H3,(H2,21,23). The molecule has 0 spiro atoms. The first-order chi connectivity index (χ1) is 11.1. The van der Waals surface area contributed by atoms with E-state index in [2.05, 4.69) is 6.92 Å². The third kappa shape index (κ3) is 14.7. The van der Waals surface area contributed by atoms with Gasteiger partial charge in [0.2, 0.25) is 5.91 Å². The molecule has 2 unspecified atom stereocenters. The zero-order chi connectivity index (χ0) is 17.3. The van der Waals surface area contributed by atoms with E-state index in [1.165, 1.54) is 70.6 Å². The molecule has 3 N–H and O–H groups in total. The van der Waals surface area contributed by atoms with Crippen molar-refractivity contribution in [3.8, 4) is 0 Å². The highest BCUT2D eigenvalue weighted by atomic mass is 16.3. The van der Waals surface area contributed by atoms with Gasteiger partial charge in [-0.3, -0.25) is 4.79 Å². The van der Waals surface area contributed by atoms with E-state index in [0.717, 1.165) is 19.3 Å². The van der Waals surface area contributed by atoms with E-state index in [4.69, 9.17) is 5.73 Å². The van der Waals surface area contributed by atoms with Crippen LogP contribution >= 0.6 is 0 Å². The van der Waals surface area contributed by atoms with Gasteiger partial charge in [0.25, 0.3) is 0 Å². The third-order valence-electron chi connectivity index (χ3n) is 4.84. The SMILES string of the molecule is CCCCCCCCCCCCCCC(O)CC(CC)C(N)=O. The van der Waals surface area contributed by atoms with Crippen LogP contribution in [0, 0.1) is 5.92 Å². The molecule has 2 atom stereocenters. The number of nitrogens with two attached hydrogens (primary N) is 1. The molecular formula is C20H41NO2. The Balaban J connectivity index is 3.31. The summed E-state index contributed by atoms with van der Waals surface area (Å²) in [7, 11) is 0. The summed E-state index contributed by atoms with van der Waals surface area (Å²) in [6.07, 6.45) is 17.6. The number of carbonyl (C=O) groups is 1. The second kappa shape index (κ2) is 16.3. The quantitative estimate of drug-likeness (QED) is 0.354. The number of rotatable bonds is 17. The van der Waals surface area contributed by atoms with E-state index in [1.54, 1.807) is 0 Å². The molecular weight excluding hydrogens is 286 g/mol. The lowest BCUT2D eigenvalue weighted by Gasteiger charge is -2.15. The van der Waals surface area contributed by atoms with Gasteiger partial charge in [-0.2, -0.15) is 0 Å². The minimum atomic E-state index is -0.365. The summed E-state index contributed by atoms with van der Waals surface area (Å²) >= 11 is 0.